The molecule has 0 aromatic heterocycles. The predicted molar refractivity (Wildman–Crippen MR) is 398 cm³/mol. The lowest BCUT2D eigenvalue weighted by Crippen LogP contribution is -2.45. The summed E-state index contributed by atoms with van der Waals surface area (Å²) in [5, 5.41) is 23.3. The molecule has 2 unspecified atom stereocenters. The highest BCUT2D eigenvalue weighted by Gasteiger charge is 2.18. The average molecular weight is 1260 g/mol. The molecule has 6 heteroatoms. The van der Waals surface area contributed by atoms with Gasteiger partial charge in [0, 0.05) is 12.8 Å². The van der Waals surface area contributed by atoms with E-state index < -0.39 is 12.1 Å². The minimum absolute atomic E-state index is 0.0107. The molecule has 0 aliphatic carbocycles. The molecule has 530 valence electrons. The number of carbonyl (C=O) groups is 2. The molecule has 0 rings (SSSR count). The molecule has 90 heavy (non-hydrogen) atoms. The van der Waals surface area contributed by atoms with Gasteiger partial charge in [-0.1, -0.05) is 396 Å². The average Bonchev–Trinajstić information content (AvgIpc) is 3.59. The van der Waals surface area contributed by atoms with Crippen LogP contribution in [0.15, 0.2) is 48.6 Å². The van der Waals surface area contributed by atoms with Crippen LogP contribution in [0.25, 0.3) is 0 Å². The summed E-state index contributed by atoms with van der Waals surface area (Å²) in [4.78, 5) is 24.7. The number of carbonyl (C=O) groups excluding carboxylic acids is 2. The van der Waals surface area contributed by atoms with E-state index >= 15 is 0 Å². The van der Waals surface area contributed by atoms with Crippen molar-refractivity contribution in [2.24, 2.45) is 0 Å². The number of aliphatic hydroxyl groups is 2. The monoisotopic (exact) mass is 1260 g/mol. The molecule has 0 spiro atoms. The van der Waals surface area contributed by atoms with Gasteiger partial charge in [-0.2, -0.15) is 0 Å². The van der Waals surface area contributed by atoms with Gasteiger partial charge < -0.3 is 20.3 Å². The zero-order valence-corrected chi connectivity index (χ0v) is 60.9. The molecule has 0 heterocycles. The Hall–Kier alpha value is -2.18. The van der Waals surface area contributed by atoms with Gasteiger partial charge >= 0.3 is 5.97 Å². The quantitative estimate of drug-likeness (QED) is 0.0320. The maximum Gasteiger partial charge on any atom is 0.305 e. The summed E-state index contributed by atoms with van der Waals surface area (Å²) in [5.41, 5.74) is 0. The van der Waals surface area contributed by atoms with E-state index in [0.29, 0.717) is 19.4 Å². The molecule has 0 radical (unpaired) electrons. The van der Waals surface area contributed by atoms with E-state index in [0.717, 1.165) is 51.4 Å². The third kappa shape index (κ3) is 74.9. The van der Waals surface area contributed by atoms with Crippen LogP contribution in [0.1, 0.15) is 450 Å². The highest BCUT2D eigenvalue weighted by molar-refractivity contribution is 5.76. The molecule has 2 atom stereocenters. The number of ether oxygens (including phenoxy) is 1. The van der Waals surface area contributed by atoms with E-state index in [-0.39, 0.29) is 18.5 Å². The van der Waals surface area contributed by atoms with E-state index in [1.807, 2.05) is 6.08 Å². The maximum absolute atomic E-state index is 12.6. The molecule has 0 aliphatic rings. The number of esters is 1. The molecule has 0 aliphatic heterocycles. The van der Waals surface area contributed by atoms with Crippen molar-refractivity contribution in [1.82, 2.24) is 5.32 Å². The Morgan fingerprint density at radius 2 is 0.556 bits per heavy atom. The van der Waals surface area contributed by atoms with Crippen molar-refractivity contribution < 1.29 is 24.5 Å². The lowest BCUT2D eigenvalue weighted by Gasteiger charge is -2.20. The molecule has 1 amide bonds. The van der Waals surface area contributed by atoms with Gasteiger partial charge in [-0.3, -0.25) is 9.59 Å². The van der Waals surface area contributed by atoms with E-state index in [1.165, 1.54) is 372 Å². The molecule has 0 fully saturated rings. The third-order valence-electron chi connectivity index (χ3n) is 19.1. The predicted octanol–water partition coefficient (Wildman–Crippen LogP) is 27.2. The van der Waals surface area contributed by atoms with Gasteiger partial charge in [0.25, 0.3) is 0 Å². The lowest BCUT2D eigenvalue weighted by molar-refractivity contribution is -0.143. The van der Waals surface area contributed by atoms with Crippen molar-refractivity contribution in [3.63, 3.8) is 0 Å². The summed E-state index contributed by atoms with van der Waals surface area (Å²) in [7, 11) is 0. The van der Waals surface area contributed by atoms with Crippen LogP contribution in [0.5, 0.6) is 0 Å². The Morgan fingerprint density at radius 3 is 0.878 bits per heavy atom. The number of unbranched alkanes of at least 4 members (excludes halogenated alkanes) is 60. The van der Waals surface area contributed by atoms with Crippen molar-refractivity contribution in [1.29, 1.82) is 0 Å². The van der Waals surface area contributed by atoms with Crippen LogP contribution in [0, 0.1) is 0 Å². The Labute approximate surface area is 563 Å². The Balaban J connectivity index is 3.38. The first-order valence-electron chi connectivity index (χ1n) is 40.9. The molecule has 0 aromatic carbocycles. The molecule has 0 aromatic rings. The smallest absolute Gasteiger partial charge is 0.305 e. The maximum atomic E-state index is 12.6. The highest BCUT2D eigenvalue weighted by Crippen LogP contribution is 2.20. The minimum atomic E-state index is -0.845. The SMILES string of the molecule is CCCCC/C=C\C/C=C\CCCCCCCCCC(=O)OCCCCCCCCCCCCCC/C=C\CCCCCCCCCCCCCCCCCCC(=O)NC(CO)C(O)/C=C/CCCCCCCCCCCCCCCCCCCCCCCC. The number of amides is 1. The second-order valence-corrected chi connectivity index (χ2v) is 28.1. The number of rotatable bonds is 77. The van der Waals surface area contributed by atoms with Crippen molar-refractivity contribution in [2.45, 2.75) is 463 Å². The van der Waals surface area contributed by atoms with Crippen molar-refractivity contribution in [3.05, 3.63) is 48.6 Å². The summed E-state index contributed by atoms with van der Waals surface area (Å²) in [5.74, 6) is -0.0499. The van der Waals surface area contributed by atoms with Gasteiger partial charge in [0.15, 0.2) is 0 Å². The Bertz CT molecular complexity index is 1500. The lowest BCUT2D eigenvalue weighted by atomic mass is 10.0. The van der Waals surface area contributed by atoms with Crippen LogP contribution in [0.2, 0.25) is 0 Å². The molecule has 0 saturated heterocycles. The fourth-order valence-corrected chi connectivity index (χ4v) is 12.8. The van der Waals surface area contributed by atoms with Gasteiger partial charge in [-0.25, -0.2) is 0 Å². The van der Waals surface area contributed by atoms with Crippen LogP contribution in [0.4, 0.5) is 0 Å². The highest BCUT2D eigenvalue weighted by atomic mass is 16.5. The Kier molecular flexibility index (Phi) is 77.3. The molecule has 0 bridgehead atoms. The molecule has 0 saturated carbocycles. The largest absolute Gasteiger partial charge is 0.466 e. The van der Waals surface area contributed by atoms with E-state index in [9.17, 15) is 19.8 Å². The molecule has 6 nitrogen and oxygen atoms in total. The van der Waals surface area contributed by atoms with E-state index in [2.05, 4.69) is 55.6 Å². The van der Waals surface area contributed by atoms with Crippen LogP contribution in [0.3, 0.4) is 0 Å². The minimum Gasteiger partial charge on any atom is -0.466 e. The standard InChI is InChI=1S/C84H159NO5/c1-3-5-7-9-11-13-15-17-19-21-22-23-24-35-38-41-45-48-52-56-60-64-68-72-76-82(87)81(80-86)85-83(88)77-73-69-65-61-57-53-49-46-42-39-36-33-31-29-27-25-26-28-30-32-34-37-40-43-47-51-55-59-63-67-71-75-79-90-84(89)78-74-70-66-62-58-54-50-44-20-18-16-14-12-10-8-6-4-2/h12,14,18,20,28,30,72,76,81-82,86-87H,3-11,13,15-17,19,21-27,29,31-71,73-75,77-80H2,1-2H3,(H,85,88)/b14-12-,20-18-,30-28-,76-72+. The molecular formula is C84H159NO5. The van der Waals surface area contributed by atoms with E-state index in [1.54, 1.807) is 6.08 Å². The number of hydrogen-bond acceptors (Lipinski definition) is 5. The van der Waals surface area contributed by atoms with Crippen molar-refractivity contribution >= 4 is 11.9 Å². The zero-order chi connectivity index (χ0) is 64.9. The number of hydrogen-bond donors (Lipinski definition) is 3. The van der Waals surface area contributed by atoms with Crippen LogP contribution < -0.4 is 5.32 Å². The first-order chi connectivity index (χ1) is 44.5. The summed E-state index contributed by atoms with van der Waals surface area (Å²) in [6.45, 7) is 4.92. The number of nitrogens with one attached hydrogen (secondary N) is 1. The second kappa shape index (κ2) is 79.3. The third-order valence-corrected chi connectivity index (χ3v) is 19.1. The van der Waals surface area contributed by atoms with Gasteiger partial charge in [0.05, 0.1) is 25.4 Å². The van der Waals surface area contributed by atoms with Crippen LogP contribution in [-0.4, -0.2) is 47.4 Å². The zero-order valence-electron chi connectivity index (χ0n) is 60.9. The fraction of sp³-hybridized carbons (Fsp3) is 0.881. The summed E-state index contributed by atoms with van der Waals surface area (Å²) in [6.07, 6.45) is 105. The van der Waals surface area contributed by atoms with Gasteiger partial charge in [-0.15, -0.1) is 0 Å². The second-order valence-electron chi connectivity index (χ2n) is 28.1. The summed E-state index contributed by atoms with van der Waals surface area (Å²) >= 11 is 0. The van der Waals surface area contributed by atoms with Crippen molar-refractivity contribution in [2.75, 3.05) is 13.2 Å². The first kappa shape index (κ1) is 87.8. The topological polar surface area (TPSA) is 95.9 Å². The van der Waals surface area contributed by atoms with Gasteiger partial charge in [0.1, 0.15) is 0 Å². The number of aliphatic hydroxyl groups excluding tert-OH is 2. The summed E-state index contributed by atoms with van der Waals surface area (Å²) in [6, 6.07) is -0.628. The fourth-order valence-electron chi connectivity index (χ4n) is 12.8. The van der Waals surface area contributed by atoms with E-state index in [4.69, 9.17) is 4.74 Å². The van der Waals surface area contributed by atoms with Crippen molar-refractivity contribution in [3.8, 4) is 0 Å². The van der Waals surface area contributed by atoms with Gasteiger partial charge in [0.2, 0.25) is 5.91 Å². The van der Waals surface area contributed by atoms with Crippen LogP contribution in [-0.2, 0) is 14.3 Å². The van der Waals surface area contributed by atoms with Crippen LogP contribution >= 0.6 is 0 Å². The van der Waals surface area contributed by atoms with Gasteiger partial charge in [-0.05, 0) is 89.9 Å². The summed E-state index contributed by atoms with van der Waals surface area (Å²) < 4.78 is 5.50. The molecule has 3 N–H and O–H groups in total. The first-order valence-corrected chi connectivity index (χ1v) is 40.9. The normalized spacial score (nSPS) is 12.7. The molecular weight excluding hydrogens is 1100 g/mol. The number of allylic oxidation sites excluding steroid dienone is 7. The Morgan fingerprint density at radius 1 is 0.311 bits per heavy atom.